The quantitative estimate of drug-likeness (QED) is 0.374. The Kier molecular flexibility index (Phi) is 10.2. The summed E-state index contributed by atoms with van der Waals surface area (Å²) in [4.78, 5) is 4.64. The van der Waals surface area contributed by atoms with Crippen LogP contribution in [0, 0.1) is 0 Å². The summed E-state index contributed by atoms with van der Waals surface area (Å²) >= 11 is 0. The Morgan fingerprint density at radius 1 is 1.21 bits per heavy atom. The maximum atomic E-state index is 5.34. The van der Waals surface area contributed by atoms with Gasteiger partial charge in [0.25, 0.3) is 0 Å². The van der Waals surface area contributed by atoms with Crippen LogP contribution in [-0.4, -0.2) is 32.3 Å². The molecule has 24 heavy (non-hydrogen) atoms. The van der Waals surface area contributed by atoms with Crippen molar-refractivity contribution >= 4 is 29.9 Å². The molecule has 0 spiro atoms. The number of nitrogens with zero attached hydrogens (tertiary/aromatic N) is 1. The molecule has 1 unspecified atom stereocenters. The Morgan fingerprint density at radius 2 is 2.00 bits per heavy atom. The topological polar surface area (TPSA) is 58.8 Å². The second-order valence-electron chi connectivity index (χ2n) is 5.41. The normalized spacial score (nSPS) is 12.3. The SMILES string of the molecule is COCC(C)NC(=NCc1ccccc1)NCCc1ccco1.I. The number of nitrogens with one attached hydrogen (secondary N) is 2. The van der Waals surface area contributed by atoms with Crippen molar-refractivity contribution in [1.29, 1.82) is 0 Å². The van der Waals surface area contributed by atoms with Gasteiger partial charge in [-0.15, -0.1) is 24.0 Å². The van der Waals surface area contributed by atoms with Crippen molar-refractivity contribution in [2.75, 3.05) is 20.3 Å². The van der Waals surface area contributed by atoms with Gasteiger partial charge in [0.15, 0.2) is 5.96 Å². The van der Waals surface area contributed by atoms with Gasteiger partial charge in [-0.25, -0.2) is 4.99 Å². The third kappa shape index (κ3) is 7.83. The van der Waals surface area contributed by atoms with Crippen LogP contribution in [0.2, 0.25) is 0 Å². The number of halogens is 1. The zero-order valence-corrected chi connectivity index (χ0v) is 16.5. The summed E-state index contributed by atoms with van der Waals surface area (Å²) < 4.78 is 10.5. The second kappa shape index (κ2) is 11.9. The van der Waals surface area contributed by atoms with Crippen LogP contribution in [0.5, 0.6) is 0 Å². The Morgan fingerprint density at radius 3 is 2.67 bits per heavy atom. The lowest BCUT2D eigenvalue weighted by Crippen LogP contribution is -2.44. The predicted molar refractivity (Wildman–Crippen MR) is 108 cm³/mol. The van der Waals surface area contributed by atoms with Gasteiger partial charge in [-0.05, 0) is 24.6 Å². The van der Waals surface area contributed by atoms with Crippen molar-refractivity contribution in [3.63, 3.8) is 0 Å². The molecule has 0 saturated carbocycles. The molecule has 0 radical (unpaired) electrons. The summed E-state index contributed by atoms with van der Waals surface area (Å²) in [6, 6.07) is 14.3. The van der Waals surface area contributed by atoms with Gasteiger partial charge in [0, 0.05) is 26.1 Å². The fourth-order valence-corrected chi connectivity index (χ4v) is 2.19. The van der Waals surface area contributed by atoms with E-state index in [2.05, 4.69) is 34.7 Å². The first kappa shape index (κ1) is 20.5. The van der Waals surface area contributed by atoms with Crippen LogP contribution in [0.15, 0.2) is 58.1 Å². The molecule has 2 aromatic rings. The van der Waals surface area contributed by atoms with Crippen molar-refractivity contribution in [2.45, 2.75) is 25.9 Å². The molecule has 2 N–H and O–H groups in total. The molecule has 0 aliphatic rings. The molecule has 0 aliphatic heterocycles. The first-order chi connectivity index (χ1) is 11.3. The summed E-state index contributed by atoms with van der Waals surface area (Å²) in [5, 5.41) is 6.69. The highest BCUT2D eigenvalue weighted by molar-refractivity contribution is 14.0. The Hall–Kier alpha value is -1.54. The second-order valence-corrected chi connectivity index (χ2v) is 5.41. The number of ether oxygens (including phenoxy) is 1. The smallest absolute Gasteiger partial charge is 0.191 e. The molecule has 0 amide bonds. The van der Waals surface area contributed by atoms with Crippen molar-refractivity contribution < 1.29 is 9.15 Å². The van der Waals surface area contributed by atoms with Crippen molar-refractivity contribution in [3.05, 3.63) is 60.1 Å². The van der Waals surface area contributed by atoms with Crippen LogP contribution >= 0.6 is 24.0 Å². The number of guanidine groups is 1. The van der Waals surface area contributed by atoms with E-state index in [0.717, 1.165) is 24.7 Å². The lowest BCUT2D eigenvalue weighted by Gasteiger charge is -2.17. The molecule has 1 atom stereocenters. The molecule has 0 fully saturated rings. The molecule has 0 aliphatic carbocycles. The molecule has 0 bridgehead atoms. The number of rotatable bonds is 8. The van der Waals surface area contributed by atoms with Crippen LogP contribution < -0.4 is 10.6 Å². The molecule has 1 aromatic heterocycles. The predicted octanol–water partition coefficient (Wildman–Crippen LogP) is 3.21. The number of benzene rings is 1. The fourth-order valence-electron chi connectivity index (χ4n) is 2.19. The van der Waals surface area contributed by atoms with Crippen LogP contribution in [0.4, 0.5) is 0 Å². The fraction of sp³-hybridized carbons (Fsp3) is 0.389. The standard InChI is InChI=1S/C18H25N3O2.HI/c1-15(14-22-2)21-18(19-11-10-17-9-6-12-23-17)20-13-16-7-4-3-5-8-16;/h3-9,12,15H,10-11,13-14H2,1-2H3,(H2,19,20,21);1H. The first-order valence-corrected chi connectivity index (χ1v) is 7.88. The van der Waals surface area contributed by atoms with Crippen LogP contribution in [0.3, 0.4) is 0 Å². The van der Waals surface area contributed by atoms with Crippen LogP contribution in [0.1, 0.15) is 18.2 Å². The van der Waals surface area contributed by atoms with E-state index < -0.39 is 0 Å². The van der Waals surface area contributed by atoms with E-state index in [9.17, 15) is 0 Å². The number of furan rings is 1. The van der Waals surface area contributed by atoms with Gasteiger partial charge in [0.2, 0.25) is 0 Å². The average Bonchev–Trinajstić information content (AvgIpc) is 3.07. The number of hydrogen-bond acceptors (Lipinski definition) is 3. The van der Waals surface area contributed by atoms with Crippen molar-refractivity contribution in [1.82, 2.24) is 10.6 Å². The highest BCUT2D eigenvalue weighted by atomic mass is 127. The number of aliphatic imine (C=N–C) groups is 1. The molecule has 1 heterocycles. The van der Waals surface area contributed by atoms with E-state index in [1.54, 1.807) is 13.4 Å². The first-order valence-electron chi connectivity index (χ1n) is 7.88. The number of methoxy groups -OCH3 is 1. The molecule has 5 nitrogen and oxygen atoms in total. The minimum absolute atomic E-state index is 0. The molecule has 1 aromatic carbocycles. The van der Waals surface area contributed by atoms with E-state index in [1.165, 1.54) is 5.56 Å². The van der Waals surface area contributed by atoms with Gasteiger partial charge in [-0.1, -0.05) is 30.3 Å². The van der Waals surface area contributed by atoms with Gasteiger partial charge >= 0.3 is 0 Å². The highest BCUT2D eigenvalue weighted by Crippen LogP contribution is 2.01. The Labute approximate surface area is 160 Å². The van der Waals surface area contributed by atoms with Crippen LogP contribution in [-0.2, 0) is 17.7 Å². The van der Waals surface area contributed by atoms with E-state index in [4.69, 9.17) is 9.15 Å². The highest BCUT2D eigenvalue weighted by Gasteiger charge is 2.05. The summed E-state index contributed by atoms with van der Waals surface area (Å²) in [6.45, 7) is 4.09. The van der Waals surface area contributed by atoms with E-state index in [1.807, 2.05) is 30.3 Å². The molecule has 132 valence electrons. The molecular formula is C18H26IN3O2. The third-order valence-corrected chi connectivity index (χ3v) is 3.31. The van der Waals surface area contributed by atoms with Crippen LogP contribution in [0.25, 0.3) is 0 Å². The molecular weight excluding hydrogens is 417 g/mol. The summed E-state index contributed by atoms with van der Waals surface area (Å²) in [7, 11) is 1.70. The van der Waals surface area contributed by atoms with E-state index in [0.29, 0.717) is 13.2 Å². The monoisotopic (exact) mass is 443 g/mol. The maximum absolute atomic E-state index is 5.34. The Balaban J connectivity index is 0.00000288. The lowest BCUT2D eigenvalue weighted by molar-refractivity contribution is 0.179. The minimum atomic E-state index is 0. The summed E-state index contributed by atoms with van der Waals surface area (Å²) in [5.74, 6) is 1.75. The van der Waals surface area contributed by atoms with Gasteiger partial charge in [-0.2, -0.15) is 0 Å². The van der Waals surface area contributed by atoms with Crippen molar-refractivity contribution in [3.8, 4) is 0 Å². The zero-order valence-electron chi connectivity index (χ0n) is 14.2. The third-order valence-electron chi connectivity index (χ3n) is 3.31. The summed E-state index contributed by atoms with van der Waals surface area (Å²) in [5.41, 5.74) is 1.18. The summed E-state index contributed by atoms with van der Waals surface area (Å²) in [6.07, 6.45) is 2.51. The number of hydrogen-bond donors (Lipinski definition) is 2. The van der Waals surface area contributed by atoms with E-state index >= 15 is 0 Å². The lowest BCUT2D eigenvalue weighted by atomic mass is 10.2. The average molecular weight is 443 g/mol. The van der Waals surface area contributed by atoms with E-state index in [-0.39, 0.29) is 30.0 Å². The van der Waals surface area contributed by atoms with Crippen molar-refractivity contribution in [2.24, 2.45) is 4.99 Å². The largest absolute Gasteiger partial charge is 0.469 e. The maximum Gasteiger partial charge on any atom is 0.191 e. The molecule has 0 saturated heterocycles. The van der Waals surface area contributed by atoms with Gasteiger partial charge in [0.1, 0.15) is 5.76 Å². The molecule has 2 rings (SSSR count). The minimum Gasteiger partial charge on any atom is -0.469 e. The van der Waals surface area contributed by atoms with Gasteiger partial charge in [-0.3, -0.25) is 0 Å². The van der Waals surface area contributed by atoms with Gasteiger partial charge in [0.05, 0.1) is 19.4 Å². The molecule has 6 heteroatoms. The zero-order chi connectivity index (χ0) is 16.3. The Bertz CT molecular complexity index is 573. The van der Waals surface area contributed by atoms with Gasteiger partial charge < -0.3 is 19.8 Å².